The van der Waals surface area contributed by atoms with Crippen LogP contribution in [-0.2, 0) is 9.53 Å². The molecule has 45 heavy (non-hydrogen) atoms. The zero-order valence-corrected chi connectivity index (χ0v) is 25.8. The van der Waals surface area contributed by atoms with E-state index in [1.807, 2.05) is 6.92 Å². The molecule has 0 saturated heterocycles. The molecule has 0 bridgehead atoms. The van der Waals surface area contributed by atoms with Crippen LogP contribution in [0.25, 0.3) is 11.1 Å². The Hall–Kier alpha value is -4.10. The Kier molecular flexibility index (Phi) is 10.8. The van der Waals surface area contributed by atoms with Crippen molar-refractivity contribution in [1.29, 1.82) is 0 Å². The van der Waals surface area contributed by atoms with Gasteiger partial charge in [-0.25, -0.2) is 4.98 Å². The van der Waals surface area contributed by atoms with Gasteiger partial charge in [0.25, 0.3) is 11.5 Å². The Morgan fingerprint density at radius 3 is 2.47 bits per heavy atom. The molecule has 4 rings (SSSR count). The summed E-state index contributed by atoms with van der Waals surface area (Å²) in [4.78, 5) is 43.4. The van der Waals surface area contributed by atoms with Crippen LogP contribution in [-0.4, -0.2) is 60.0 Å². The predicted octanol–water partition coefficient (Wildman–Crippen LogP) is 5.79. The number of methoxy groups -OCH3 is 1. The molecule has 1 aliphatic rings. The maximum atomic E-state index is 13.6. The van der Waals surface area contributed by atoms with Crippen LogP contribution < -0.4 is 25.7 Å². The number of alkyl halides is 3. The number of anilines is 1. The molecule has 2 N–H and O–H groups in total. The monoisotopic (exact) mass is 650 g/mol. The number of benzene rings is 1. The van der Waals surface area contributed by atoms with Crippen molar-refractivity contribution in [2.24, 2.45) is 0 Å². The van der Waals surface area contributed by atoms with Crippen molar-refractivity contribution in [2.45, 2.75) is 57.3 Å². The first-order valence-corrected chi connectivity index (χ1v) is 14.7. The van der Waals surface area contributed by atoms with E-state index in [0.717, 1.165) is 25.3 Å². The second kappa shape index (κ2) is 14.3. The molecule has 1 unspecified atom stereocenters. The fourth-order valence-corrected chi connectivity index (χ4v) is 5.03. The van der Waals surface area contributed by atoms with Gasteiger partial charge in [0.2, 0.25) is 5.91 Å². The largest absolute Gasteiger partial charge is 0.495 e. The number of hydrogen-bond acceptors (Lipinski definition) is 7. The van der Waals surface area contributed by atoms with Gasteiger partial charge in [-0.3, -0.25) is 19.0 Å². The van der Waals surface area contributed by atoms with Gasteiger partial charge in [-0.15, -0.1) is 0 Å². The molecule has 0 spiro atoms. The highest BCUT2D eigenvalue weighted by atomic mass is 35.5. The van der Waals surface area contributed by atoms with E-state index in [9.17, 15) is 27.6 Å². The standard InChI is InChI=1S/C31H34ClF3N4O6/c1-4-36-28(41)23-8-7-20(16-37-23)38-29(42)24(10-13-45-30(2)11-5-12-30)39-17-26(43-3)22(15-27(39)40)21-14-19(32)6-9-25(21)44-18-31(33,34)35/h6-9,14-17,24H,4-5,10-13,18H2,1-3H3,(H,36,41)(H,38,42). The molecule has 1 atom stereocenters. The molecular formula is C31H34ClF3N4O6. The van der Waals surface area contributed by atoms with E-state index in [1.54, 1.807) is 6.92 Å². The molecular weight excluding hydrogens is 617 g/mol. The summed E-state index contributed by atoms with van der Waals surface area (Å²) in [7, 11) is 1.33. The van der Waals surface area contributed by atoms with Crippen molar-refractivity contribution in [3.8, 4) is 22.6 Å². The van der Waals surface area contributed by atoms with E-state index >= 15 is 0 Å². The van der Waals surface area contributed by atoms with Crippen LogP contribution in [0.5, 0.6) is 11.5 Å². The third kappa shape index (κ3) is 8.76. The normalized spacial score (nSPS) is 14.6. The van der Waals surface area contributed by atoms with Crippen LogP contribution in [0.3, 0.4) is 0 Å². The number of pyridine rings is 2. The highest BCUT2D eigenvalue weighted by Crippen LogP contribution is 2.39. The lowest BCUT2D eigenvalue weighted by Crippen LogP contribution is -2.38. The average Bonchev–Trinajstić information content (AvgIpc) is 2.98. The van der Waals surface area contributed by atoms with Gasteiger partial charge >= 0.3 is 6.18 Å². The minimum absolute atomic E-state index is 0.0892. The molecule has 10 nitrogen and oxygen atoms in total. The number of nitrogens with zero attached hydrogens (tertiary/aromatic N) is 2. The van der Waals surface area contributed by atoms with E-state index in [-0.39, 0.29) is 57.9 Å². The second-order valence-electron chi connectivity index (χ2n) is 10.8. The molecule has 2 aromatic heterocycles. The molecule has 1 aliphatic carbocycles. The number of amides is 2. The summed E-state index contributed by atoms with van der Waals surface area (Å²) in [5.41, 5.74) is -0.232. The summed E-state index contributed by atoms with van der Waals surface area (Å²) in [5.74, 6) is -0.988. The van der Waals surface area contributed by atoms with Gasteiger partial charge in [-0.1, -0.05) is 11.6 Å². The Morgan fingerprint density at radius 2 is 1.87 bits per heavy atom. The summed E-state index contributed by atoms with van der Waals surface area (Å²) in [5, 5.41) is 5.58. The third-order valence-electron chi connectivity index (χ3n) is 7.38. The molecule has 1 aromatic carbocycles. The first-order valence-electron chi connectivity index (χ1n) is 14.3. The summed E-state index contributed by atoms with van der Waals surface area (Å²) >= 11 is 6.15. The number of carbonyl (C=O) groups is 2. The lowest BCUT2D eigenvalue weighted by molar-refractivity contribution is -0.153. The van der Waals surface area contributed by atoms with Crippen LogP contribution in [0, 0.1) is 0 Å². The Balaban J connectivity index is 1.67. The third-order valence-corrected chi connectivity index (χ3v) is 7.61. The summed E-state index contributed by atoms with van der Waals surface area (Å²) in [6, 6.07) is 7.06. The lowest BCUT2D eigenvalue weighted by Gasteiger charge is -2.38. The summed E-state index contributed by atoms with van der Waals surface area (Å²) in [6.45, 7) is 2.81. The number of rotatable bonds is 13. The zero-order valence-electron chi connectivity index (χ0n) is 25.0. The highest BCUT2D eigenvalue weighted by molar-refractivity contribution is 6.31. The molecule has 242 valence electrons. The zero-order chi connectivity index (χ0) is 32.8. The fraction of sp³-hybridized carbons (Fsp3) is 0.419. The Labute approximate surface area is 262 Å². The Bertz CT molecular complexity index is 1570. The minimum atomic E-state index is -4.60. The van der Waals surface area contributed by atoms with Crippen LogP contribution in [0.4, 0.5) is 18.9 Å². The first-order chi connectivity index (χ1) is 21.3. The van der Waals surface area contributed by atoms with Gasteiger partial charge in [-0.05, 0) is 63.4 Å². The van der Waals surface area contributed by atoms with Gasteiger partial charge in [0.15, 0.2) is 6.61 Å². The van der Waals surface area contributed by atoms with Crippen molar-refractivity contribution >= 4 is 29.1 Å². The SMILES string of the molecule is CCNC(=O)c1ccc(NC(=O)C(CCOC2(C)CCC2)n2cc(OC)c(-c3cc(Cl)ccc3OCC(F)(F)F)cc2=O)cn1. The number of halogens is 4. The van der Waals surface area contributed by atoms with Gasteiger partial charge in [0, 0.05) is 41.8 Å². The van der Waals surface area contributed by atoms with E-state index in [4.69, 9.17) is 25.8 Å². The van der Waals surface area contributed by atoms with Crippen LogP contribution in [0.15, 0.2) is 53.6 Å². The maximum absolute atomic E-state index is 13.6. The maximum Gasteiger partial charge on any atom is 0.422 e. The van der Waals surface area contributed by atoms with E-state index < -0.39 is 30.3 Å². The van der Waals surface area contributed by atoms with Gasteiger partial charge in [0.05, 0.1) is 30.8 Å². The number of hydrogen-bond donors (Lipinski definition) is 2. The van der Waals surface area contributed by atoms with Gasteiger partial charge in [-0.2, -0.15) is 13.2 Å². The van der Waals surface area contributed by atoms with E-state index in [2.05, 4.69) is 15.6 Å². The molecule has 1 saturated carbocycles. The average molecular weight is 651 g/mol. The summed E-state index contributed by atoms with van der Waals surface area (Å²) in [6.07, 6.45) is 0.975. The topological polar surface area (TPSA) is 121 Å². The first kappa shape index (κ1) is 33.8. The van der Waals surface area contributed by atoms with Crippen molar-refractivity contribution < 1.29 is 37.0 Å². The van der Waals surface area contributed by atoms with Crippen molar-refractivity contribution in [1.82, 2.24) is 14.9 Å². The number of aromatic nitrogens is 2. The molecule has 1 fully saturated rings. The molecule has 2 amide bonds. The number of carbonyl (C=O) groups excluding carboxylic acids is 2. The Morgan fingerprint density at radius 1 is 1.13 bits per heavy atom. The number of ether oxygens (including phenoxy) is 3. The minimum Gasteiger partial charge on any atom is -0.495 e. The van der Waals surface area contributed by atoms with E-state index in [0.29, 0.717) is 12.2 Å². The molecule has 3 aromatic rings. The van der Waals surface area contributed by atoms with Crippen LogP contribution in [0.1, 0.15) is 56.1 Å². The molecule has 2 heterocycles. The van der Waals surface area contributed by atoms with Gasteiger partial charge in [0.1, 0.15) is 23.2 Å². The smallest absolute Gasteiger partial charge is 0.422 e. The number of nitrogens with one attached hydrogen (secondary N) is 2. The molecule has 0 aliphatic heterocycles. The van der Waals surface area contributed by atoms with Crippen molar-refractivity contribution in [3.05, 3.63) is 69.9 Å². The van der Waals surface area contributed by atoms with E-state index in [1.165, 1.54) is 54.4 Å². The van der Waals surface area contributed by atoms with Crippen molar-refractivity contribution in [2.75, 3.05) is 32.2 Å². The summed E-state index contributed by atoms with van der Waals surface area (Å²) < 4.78 is 56.6. The predicted molar refractivity (Wildman–Crippen MR) is 162 cm³/mol. The fourth-order valence-electron chi connectivity index (χ4n) is 4.85. The van der Waals surface area contributed by atoms with Crippen LogP contribution in [0.2, 0.25) is 5.02 Å². The van der Waals surface area contributed by atoms with Gasteiger partial charge < -0.3 is 24.8 Å². The second-order valence-corrected chi connectivity index (χ2v) is 11.2. The lowest BCUT2D eigenvalue weighted by atomic mass is 9.82. The molecule has 14 heteroatoms. The highest BCUT2D eigenvalue weighted by Gasteiger charge is 2.34. The quantitative estimate of drug-likeness (QED) is 0.240. The van der Waals surface area contributed by atoms with Crippen LogP contribution >= 0.6 is 11.6 Å². The molecule has 0 radical (unpaired) electrons. The van der Waals surface area contributed by atoms with Crippen molar-refractivity contribution in [3.63, 3.8) is 0 Å².